The molecule has 2 heterocycles. The van der Waals surface area contributed by atoms with Gasteiger partial charge in [0.2, 0.25) is 5.91 Å². The van der Waals surface area contributed by atoms with Gasteiger partial charge in [0.15, 0.2) is 0 Å². The number of pyridine rings is 2. The number of aryl methyl sites for hydroxylation is 3. The summed E-state index contributed by atoms with van der Waals surface area (Å²) in [6, 6.07) is 7.95. The van der Waals surface area contributed by atoms with E-state index in [9.17, 15) is 10.1 Å². The van der Waals surface area contributed by atoms with Crippen molar-refractivity contribution in [2.24, 2.45) is 0 Å². The molecule has 2 aromatic heterocycles. The van der Waals surface area contributed by atoms with Gasteiger partial charge in [0.1, 0.15) is 16.9 Å². The lowest BCUT2D eigenvalue weighted by Crippen LogP contribution is -2.13. The van der Waals surface area contributed by atoms with E-state index in [0.717, 1.165) is 35.5 Å². The highest BCUT2D eigenvalue weighted by molar-refractivity contribution is 7.99. The van der Waals surface area contributed by atoms with E-state index in [4.69, 9.17) is 4.98 Å². The summed E-state index contributed by atoms with van der Waals surface area (Å²) in [4.78, 5) is 21.0. The van der Waals surface area contributed by atoms with Gasteiger partial charge >= 0.3 is 0 Å². The minimum absolute atomic E-state index is 0.0814. The molecule has 1 amide bonds. The Hall–Kier alpha value is -2.39. The lowest BCUT2D eigenvalue weighted by Gasteiger charge is -2.10. The first kappa shape index (κ1) is 18.4. The number of carbonyl (C=O) groups excluding carboxylic acids is 1. The average Bonchev–Trinajstić information content (AvgIpc) is 2.87. The van der Waals surface area contributed by atoms with Crippen molar-refractivity contribution in [1.82, 2.24) is 9.97 Å². The number of nitriles is 1. The molecule has 0 fully saturated rings. The molecule has 0 unspecified atom stereocenters. The predicted octanol–water partition coefficient (Wildman–Crippen LogP) is 4.05. The van der Waals surface area contributed by atoms with Crippen molar-refractivity contribution in [3.8, 4) is 6.07 Å². The van der Waals surface area contributed by atoms with Crippen molar-refractivity contribution in [3.05, 3.63) is 46.8 Å². The summed E-state index contributed by atoms with van der Waals surface area (Å²) >= 11 is 1.48. The van der Waals surface area contributed by atoms with Gasteiger partial charge in [-0.1, -0.05) is 12.5 Å². The Labute approximate surface area is 158 Å². The first-order valence-corrected chi connectivity index (χ1v) is 9.92. The summed E-state index contributed by atoms with van der Waals surface area (Å²) < 4.78 is 0. The monoisotopic (exact) mass is 366 g/mol. The third kappa shape index (κ3) is 4.83. The third-order valence-corrected chi connectivity index (χ3v) is 5.38. The van der Waals surface area contributed by atoms with Crippen LogP contribution < -0.4 is 5.32 Å². The van der Waals surface area contributed by atoms with E-state index in [1.165, 1.54) is 30.2 Å². The van der Waals surface area contributed by atoms with E-state index in [0.29, 0.717) is 23.6 Å². The number of thioether (sulfide) groups is 1. The number of hydrogen-bond acceptors (Lipinski definition) is 5. The zero-order valence-electron chi connectivity index (χ0n) is 14.9. The van der Waals surface area contributed by atoms with Crippen molar-refractivity contribution >= 4 is 23.5 Å². The Bertz CT molecular complexity index is 827. The fourth-order valence-corrected chi connectivity index (χ4v) is 3.88. The quantitative estimate of drug-likeness (QED) is 0.638. The lowest BCUT2D eigenvalue weighted by molar-refractivity contribution is -0.115. The number of carbonyl (C=O) groups is 1. The number of nitrogens with zero attached hydrogens (tertiary/aromatic N) is 3. The maximum Gasteiger partial charge on any atom is 0.226 e. The molecule has 0 bridgehead atoms. The molecule has 5 nitrogen and oxygen atoms in total. The van der Waals surface area contributed by atoms with Crippen molar-refractivity contribution in [1.29, 1.82) is 5.26 Å². The van der Waals surface area contributed by atoms with Crippen molar-refractivity contribution in [3.63, 3.8) is 0 Å². The molecule has 0 radical (unpaired) electrons. The Morgan fingerprint density at radius 2 is 2.15 bits per heavy atom. The largest absolute Gasteiger partial charge is 0.311 e. The molecule has 0 atom stereocenters. The number of fused-ring (bicyclic) bond motifs is 1. The van der Waals surface area contributed by atoms with Gasteiger partial charge in [0, 0.05) is 24.1 Å². The smallest absolute Gasteiger partial charge is 0.226 e. The van der Waals surface area contributed by atoms with Crippen LogP contribution in [-0.2, 0) is 17.6 Å². The summed E-state index contributed by atoms with van der Waals surface area (Å²) in [6.45, 7) is 1.95. The van der Waals surface area contributed by atoms with Gasteiger partial charge in [-0.25, -0.2) is 9.97 Å². The molecule has 2 aromatic rings. The van der Waals surface area contributed by atoms with E-state index in [-0.39, 0.29) is 5.91 Å². The van der Waals surface area contributed by atoms with Crippen molar-refractivity contribution in [2.45, 2.75) is 50.5 Å². The first-order valence-electron chi connectivity index (χ1n) is 8.94. The zero-order chi connectivity index (χ0) is 18.4. The average molecular weight is 366 g/mol. The highest BCUT2D eigenvalue weighted by atomic mass is 32.2. The SMILES string of the molecule is Cc1ccc(NC(=O)CCSc2nc3c(cc2C#N)CCCCC3)nc1. The van der Waals surface area contributed by atoms with Crippen molar-refractivity contribution in [2.75, 3.05) is 11.1 Å². The Kier molecular flexibility index (Phi) is 6.24. The fourth-order valence-electron chi connectivity index (χ4n) is 2.97. The van der Waals surface area contributed by atoms with Crippen LogP contribution in [0, 0.1) is 18.3 Å². The Morgan fingerprint density at radius 1 is 1.31 bits per heavy atom. The van der Waals surface area contributed by atoms with E-state index < -0.39 is 0 Å². The number of aromatic nitrogens is 2. The van der Waals surface area contributed by atoms with Crippen LogP contribution in [0.15, 0.2) is 29.4 Å². The van der Waals surface area contributed by atoms with Gasteiger partial charge in [-0.3, -0.25) is 4.79 Å². The summed E-state index contributed by atoms with van der Waals surface area (Å²) in [5, 5.41) is 13.0. The first-order chi connectivity index (χ1) is 12.7. The zero-order valence-corrected chi connectivity index (χ0v) is 15.7. The second-order valence-corrected chi connectivity index (χ2v) is 7.57. The number of nitrogens with one attached hydrogen (secondary N) is 1. The molecule has 0 aromatic carbocycles. The van der Waals surface area contributed by atoms with Crippen molar-refractivity contribution < 1.29 is 4.79 Å². The highest BCUT2D eigenvalue weighted by Gasteiger charge is 2.15. The molecule has 1 aliphatic rings. The molecule has 1 N–H and O–H groups in total. The standard InChI is InChI=1S/C20H22N4OS/c1-14-7-8-18(22-13-14)24-19(25)9-10-26-20-16(12-21)11-15-5-3-2-4-6-17(15)23-20/h7-8,11,13H,2-6,9-10H2,1H3,(H,22,24,25). The van der Waals surface area contributed by atoms with Gasteiger partial charge in [0.05, 0.1) is 5.56 Å². The Morgan fingerprint density at radius 3 is 2.92 bits per heavy atom. The van der Waals surface area contributed by atoms with Gasteiger partial charge < -0.3 is 5.32 Å². The molecule has 134 valence electrons. The maximum atomic E-state index is 12.1. The van der Waals surface area contributed by atoms with Crippen LogP contribution in [-0.4, -0.2) is 21.6 Å². The highest BCUT2D eigenvalue weighted by Crippen LogP contribution is 2.27. The summed E-state index contributed by atoms with van der Waals surface area (Å²) in [6.07, 6.45) is 7.60. The normalized spacial score (nSPS) is 13.4. The number of amides is 1. The van der Waals surface area contributed by atoms with Crippen LogP contribution in [0.2, 0.25) is 0 Å². The van der Waals surface area contributed by atoms with Crippen LogP contribution in [0.4, 0.5) is 5.82 Å². The fraction of sp³-hybridized carbons (Fsp3) is 0.400. The molecule has 0 aliphatic heterocycles. The molecular formula is C20H22N4OS. The Balaban J connectivity index is 1.58. The van der Waals surface area contributed by atoms with Gasteiger partial charge in [-0.2, -0.15) is 5.26 Å². The maximum absolute atomic E-state index is 12.1. The van der Waals surface area contributed by atoms with Crippen LogP contribution in [0.25, 0.3) is 0 Å². The predicted molar refractivity (Wildman–Crippen MR) is 103 cm³/mol. The van der Waals surface area contributed by atoms with Crippen LogP contribution in [0.5, 0.6) is 0 Å². The second-order valence-electron chi connectivity index (χ2n) is 6.49. The lowest BCUT2D eigenvalue weighted by atomic mass is 10.1. The molecule has 6 heteroatoms. The molecule has 0 saturated carbocycles. The molecule has 0 saturated heterocycles. The molecule has 0 spiro atoms. The topological polar surface area (TPSA) is 78.7 Å². The molecule has 3 rings (SSSR count). The van der Waals surface area contributed by atoms with Gasteiger partial charge in [0.25, 0.3) is 0 Å². The van der Waals surface area contributed by atoms with E-state index >= 15 is 0 Å². The number of anilines is 1. The molecule has 1 aliphatic carbocycles. The third-order valence-electron chi connectivity index (χ3n) is 4.38. The van der Waals surface area contributed by atoms with Gasteiger partial charge in [-0.15, -0.1) is 11.8 Å². The minimum Gasteiger partial charge on any atom is -0.311 e. The number of hydrogen-bond donors (Lipinski definition) is 1. The summed E-state index contributed by atoms with van der Waals surface area (Å²) in [5.74, 6) is 1.06. The van der Waals surface area contributed by atoms with Crippen LogP contribution in [0.3, 0.4) is 0 Å². The summed E-state index contributed by atoms with van der Waals surface area (Å²) in [5.41, 5.74) is 4.01. The minimum atomic E-state index is -0.0814. The van der Waals surface area contributed by atoms with E-state index in [2.05, 4.69) is 16.4 Å². The van der Waals surface area contributed by atoms with Crippen LogP contribution >= 0.6 is 11.8 Å². The second kappa shape index (κ2) is 8.81. The molecular weight excluding hydrogens is 344 g/mol. The van der Waals surface area contributed by atoms with Crippen LogP contribution in [0.1, 0.15) is 48.1 Å². The number of rotatable bonds is 5. The van der Waals surface area contributed by atoms with Gasteiger partial charge in [-0.05, 0) is 55.9 Å². The van der Waals surface area contributed by atoms with E-state index in [1.54, 1.807) is 12.3 Å². The molecule has 26 heavy (non-hydrogen) atoms. The summed E-state index contributed by atoms with van der Waals surface area (Å²) in [7, 11) is 0. The van der Waals surface area contributed by atoms with E-state index in [1.807, 2.05) is 19.1 Å².